The normalized spacial score (nSPS) is 20.8. The Bertz CT molecular complexity index is 662. The van der Waals surface area contributed by atoms with Crippen LogP contribution in [0.4, 0.5) is 4.79 Å². The molecular weight excluding hydrogens is 336 g/mol. The van der Waals surface area contributed by atoms with Gasteiger partial charge in [-0.15, -0.1) is 0 Å². The van der Waals surface area contributed by atoms with E-state index in [1.54, 1.807) is 12.1 Å². The van der Waals surface area contributed by atoms with Crippen LogP contribution in [0.15, 0.2) is 30.3 Å². The van der Waals surface area contributed by atoms with Crippen LogP contribution < -0.4 is 4.72 Å². The first-order valence-corrected chi connectivity index (χ1v) is 9.20. The van der Waals surface area contributed by atoms with Crippen molar-refractivity contribution in [3.05, 3.63) is 35.9 Å². The molecule has 0 atom stereocenters. The van der Waals surface area contributed by atoms with E-state index in [1.165, 1.54) is 4.31 Å². The smallest absolute Gasteiger partial charge is 0.422 e. The van der Waals surface area contributed by atoms with Crippen molar-refractivity contribution in [1.29, 1.82) is 0 Å². The van der Waals surface area contributed by atoms with Gasteiger partial charge in [0.15, 0.2) is 5.79 Å². The fourth-order valence-electron chi connectivity index (χ4n) is 2.78. The summed E-state index contributed by atoms with van der Waals surface area (Å²) >= 11 is 0. The van der Waals surface area contributed by atoms with Crippen molar-refractivity contribution < 1.29 is 27.4 Å². The molecule has 1 spiro atoms. The highest BCUT2D eigenvalue weighted by Gasteiger charge is 2.42. The number of hydrogen-bond donors (Lipinski definition) is 1. The number of amides is 1. The number of carbonyl (C=O) groups is 1. The summed E-state index contributed by atoms with van der Waals surface area (Å²) in [5, 5.41) is 0. The highest BCUT2D eigenvalue weighted by atomic mass is 32.2. The van der Waals surface area contributed by atoms with E-state index in [0.717, 1.165) is 5.56 Å². The van der Waals surface area contributed by atoms with Crippen LogP contribution in [0.25, 0.3) is 0 Å². The molecule has 0 unspecified atom stereocenters. The monoisotopic (exact) mass is 356 g/mol. The second-order valence-electron chi connectivity index (χ2n) is 5.68. The van der Waals surface area contributed by atoms with Gasteiger partial charge in [0.2, 0.25) is 0 Å². The van der Waals surface area contributed by atoms with E-state index in [9.17, 15) is 13.2 Å². The molecule has 2 aliphatic rings. The molecule has 0 bridgehead atoms. The van der Waals surface area contributed by atoms with Gasteiger partial charge >= 0.3 is 16.3 Å². The fourth-order valence-corrected chi connectivity index (χ4v) is 3.84. The number of piperidine rings is 1. The number of rotatable bonds is 4. The van der Waals surface area contributed by atoms with Gasteiger partial charge in [-0.2, -0.15) is 12.7 Å². The minimum absolute atomic E-state index is 0.00693. The summed E-state index contributed by atoms with van der Waals surface area (Å²) in [5.74, 6) is -0.667. The molecule has 1 aromatic carbocycles. The highest BCUT2D eigenvalue weighted by molar-refractivity contribution is 7.87. The number of ether oxygens (including phenoxy) is 3. The lowest BCUT2D eigenvalue weighted by Gasteiger charge is -2.36. The molecule has 9 heteroatoms. The Kier molecular flexibility index (Phi) is 5.04. The van der Waals surface area contributed by atoms with Crippen LogP contribution in [0.2, 0.25) is 0 Å². The third kappa shape index (κ3) is 4.04. The molecule has 2 heterocycles. The molecule has 1 N–H and O–H groups in total. The van der Waals surface area contributed by atoms with Crippen LogP contribution in [0.3, 0.4) is 0 Å². The van der Waals surface area contributed by atoms with Crippen molar-refractivity contribution >= 4 is 16.3 Å². The highest BCUT2D eigenvalue weighted by Crippen LogP contribution is 2.31. The Morgan fingerprint density at radius 1 is 1.17 bits per heavy atom. The quantitative estimate of drug-likeness (QED) is 0.865. The molecular formula is C15H20N2O6S. The Morgan fingerprint density at radius 2 is 1.79 bits per heavy atom. The van der Waals surface area contributed by atoms with Gasteiger partial charge in [0.1, 0.15) is 6.61 Å². The lowest BCUT2D eigenvalue weighted by Crippen LogP contribution is -2.51. The second-order valence-corrected chi connectivity index (χ2v) is 7.35. The van der Waals surface area contributed by atoms with Crippen LogP contribution in [-0.4, -0.2) is 50.9 Å². The maximum absolute atomic E-state index is 12.2. The zero-order valence-electron chi connectivity index (χ0n) is 13.1. The summed E-state index contributed by atoms with van der Waals surface area (Å²) in [7, 11) is -3.94. The zero-order valence-corrected chi connectivity index (χ0v) is 14.0. The first kappa shape index (κ1) is 17.2. The van der Waals surface area contributed by atoms with Crippen molar-refractivity contribution in [3.8, 4) is 0 Å². The maximum atomic E-state index is 12.2. The van der Waals surface area contributed by atoms with Gasteiger partial charge in [-0.1, -0.05) is 30.3 Å². The minimum atomic E-state index is -3.94. The molecule has 8 nitrogen and oxygen atoms in total. The van der Waals surface area contributed by atoms with Gasteiger partial charge in [0.25, 0.3) is 0 Å². The molecule has 1 aromatic rings. The lowest BCUT2D eigenvalue weighted by atomic mass is 10.1. The molecule has 0 aromatic heterocycles. The molecule has 0 saturated carbocycles. The molecule has 2 fully saturated rings. The van der Waals surface area contributed by atoms with E-state index < -0.39 is 22.1 Å². The van der Waals surface area contributed by atoms with Crippen molar-refractivity contribution in [1.82, 2.24) is 9.03 Å². The topological polar surface area (TPSA) is 94.2 Å². The standard InChI is InChI=1S/C15H20N2O6S/c18-14(21-12-13-4-2-1-3-5-13)16-24(19,20)17-8-6-15(7-9-17)22-10-11-23-15/h1-5H,6-12H2,(H,16,18). The van der Waals surface area contributed by atoms with Crippen LogP contribution in [0.5, 0.6) is 0 Å². The largest absolute Gasteiger partial charge is 0.444 e. The fraction of sp³-hybridized carbons (Fsp3) is 0.533. The lowest BCUT2D eigenvalue weighted by molar-refractivity contribution is -0.179. The molecule has 24 heavy (non-hydrogen) atoms. The van der Waals surface area contributed by atoms with E-state index in [1.807, 2.05) is 22.9 Å². The van der Waals surface area contributed by atoms with E-state index in [0.29, 0.717) is 26.1 Å². The summed E-state index contributed by atoms with van der Waals surface area (Å²) in [5.41, 5.74) is 0.778. The predicted octanol–water partition coefficient (Wildman–Crippen LogP) is 0.997. The van der Waals surface area contributed by atoms with Gasteiger partial charge in [-0.25, -0.2) is 9.52 Å². The second kappa shape index (κ2) is 7.06. The molecule has 2 saturated heterocycles. The van der Waals surface area contributed by atoms with E-state index in [2.05, 4.69) is 0 Å². The average molecular weight is 356 g/mol. The SMILES string of the molecule is O=C(NS(=O)(=O)N1CCC2(CC1)OCCO2)OCc1ccccc1. The Labute approximate surface area is 140 Å². The van der Waals surface area contributed by atoms with Crippen molar-refractivity contribution in [3.63, 3.8) is 0 Å². The Balaban J connectivity index is 1.49. The average Bonchev–Trinajstić information content (AvgIpc) is 3.02. The third-order valence-corrected chi connectivity index (χ3v) is 5.53. The first-order chi connectivity index (χ1) is 11.5. The molecule has 1 amide bonds. The van der Waals surface area contributed by atoms with Crippen molar-refractivity contribution in [2.45, 2.75) is 25.2 Å². The maximum Gasteiger partial charge on any atom is 0.422 e. The number of hydrogen-bond acceptors (Lipinski definition) is 6. The van der Waals surface area contributed by atoms with E-state index in [4.69, 9.17) is 14.2 Å². The van der Waals surface area contributed by atoms with Gasteiger partial charge in [0, 0.05) is 25.9 Å². The third-order valence-electron chi connectivity index (χ3n) is 4.06. The molecule has 2 aliphatic heterocycles. The molecule has 132 valence electrons. The van der Waals surface area contributed by atoms with Gasteiger partial charge in [-0.3, -0.25) is 0 Å². The van der Waals surface area contributed by atoms with Crippen molar-refractivity contribution in [2.24, 2.45) is 0 Å². The molecule has 0 aliphatic carbocycles. The summed E-state index contributed by atoms with van der Waals surface area (Å²) in [6.07, 6.45) is -0.118. The minimum Gasteiger partial charge on any atom is -0.444 e. The number of nitrogens with zero attached hydrogens (tertiary/aromatic N) is 1. The first-order valence-electron chi connectivity index (χ1n) is 7.76. The molecule has 0 radical (unpaired) electrons. The molecule has 3 rings (SSSR count). The van der Waals surface area contributed by atoms with Crippen LogP contribution in [0, 0.1) is 0 Å². The summed E-state index contributed by atoms with van der Waals surface area (Å²) in [6, 6.07) is 9.03. The van der Waals surface area contributed by atoms with Gasteiger partial charge in [-0.05, 0) is 5.56 Å². The van der Waals surface area contributed by atoms with Crippen LogP contribution in [0.1, 0.15) is 18.4 Å². The summed E-state index contributed by atoms with van der Waals surface area (Å²) < 4.78 is 43.7. The van der Waals surface area contributed by atoms with Gasteiger partial charge < -0.3 is 14.2 Å². The van der Waals surface area contributed by atoms with Crippen LogP contribution >= 0.6 is 0 Å². The Hall–Kier alpha value is -1.68. The summed E-state index contributed by atoms with van der Waals surface area (Å²) in [6.45, 7) is 1.50. The number of carbonyl (C=O) groups excluding carboxylic acids is 1. The van der Waals surface area contributed by atoms with E-state index >= 15 is 0 Å². The Morgan fingerprint density at radius 3 is 2.42 bits per heavy atom. The van der Waals surface area contributed by atoms with Crippen molar-refractivity contribution in [2.75, 3.05) is 26.3 Å². The van der Waals surface area contributed by atoms with Gasteiger partial charge in [0.05, 0.1) is 13.2 Å². The number of nitrogens with one attached hydrogen (secondary N) is 1. The predicted molar refractivity (Wildman–Crippen MR) is 84.1 cm³/mol. The van der Waals surface area contributed by atoms with Crippen LogP contribution in [-0.2, 0) is 31.0 Å². The van der Waals surface area contributed by atoms with E-state index in [-0.39, 0.29) is 19.7 Å². The zero-order chi connectivity index (χ0) is 17.0. The summed E-state index contributed by atoms with van der Waals surface area (Å²) in [4.78, 5) is 11.7. The number of benzene rings is 1.